The summed E-state index contributed by atoms with van der Waals surface area (Å²) < 4.78 is 13.9. The molecule has 0 unspecified atom stereocenters. The number of guanidine groups is 1. The molecule has 0 spiro atoms. The number of rotatable bonds is 3. The third-order valence-corrected chi connectivity index (χ3v) is 2.84. The molecule has 2 rings (SSSR count). The van der Waals surface area contributed by atoms with Crippen LogP contribution < -0.4 is 16.2 Å². The van der Waals surface area contributed by atoms with Crippen molar-refractivity contribution in [2.75, 3.05) is 11.4 Å². The van der Waals surface area contributed by atoms with Crippen molar-refractivity contribution in [1.29, 1.82) is 0 Å². The summed E-state index contributed by atoms with van der Waals surface area (Å²) in [6.07, 6.45) is 0. The second-order valence-electron chi connectivity index (χ2n) is 4.11. The monoisotopic (exact) mass is 272 g/mol. The predicted octanol–water partition coefficient (Wildman–Crippen LogP) is 2.80. The Kier molecular flexibility index (Phi) is 4.68. The highest BCUT2D eigenvalue weighted by Gasteiger charge is 2.14. The van der Waals surface area contributed by atoms with Gasteiger partial charge in [0.1, 0.15) is 5.82 Å². The molecule has 104 valence electrons. The maximum Gasteiger partial charge on any atom is 0.218 e. The van der Waals surface area contributed by atoms with Crippen molar-refractivity contribution in [2.24, 2.45) is 10.8 Å². The van der Waals surface area contributed by atoms with Gasteiger partial charge in [0.2, 0.25) is 5.96 Å². The summed E-state index contributed by atoms with van der Waals surface area (Å²) in [6.45, 7) is 2.45. The molecule has 0 saturated heterocycles. The number of nitrogens with zero attached hydrogens (tertiary/aromatic N) is 2. The second-order valence-corrected chi connectivity index (χ2v) is 4.11. The number of hydrogen-bond donors (Lipinski definition) is 2. The zero-order valence-corrected chi connectivity index (χ0v) is 11.3. The number of halogens is 1. The van der Waals surface area contributed by atoms with Gasteiger partial charge in [0.25, 0.3) is 0 Å². The van der Waals surface area contributed by atoms with Crippen LogP contribution in [0.5, 0.6) is 0 Å². The maximum atomic E-state index is 13.9. The lowest BCUT2D eigenvalue weighted by Gasteiger charge is -2.24. The molecule has 2 aromatic carbocycles. The Morgan fingerprint density at radius 3 is 2.40 bits per heavy atom. The van der Waals surface area contributed by atoms with Crippen LogP contribution in [0.25, 0.3) is 0 Å². The average molecular weight is 272 g/mol. The van der Waals surface area contributed by atoms with Crippen molar-refractivity contribution in [2.45, 2.75) is 6.92 Å². The standard InChI is InChI=1S/C15H17FN4/c1-2-20(14-11-7-6-10-13(14)16)15(19-17)18-12-8-4-3-5-9-12/h3-11H,2,17H2,1H3,(H,18,19). The van der Waals surface area contributed by atoms with Crippen molar-refractivity contribution >= 4 is 17.3 Å². The fourth-order valence-electron chi connectivity index (χ4n) is 1.90. The maximum absolute atomic E-state index is 13.9. The number of benzene rings is 2. The Morgan fingerprint density at radius 2 is 1.80 bits per heavy atom. The molecule has 2 aromatic rings. The Balaban J connectivity index is 2.38. The molecule has 0 bridgehead atoms. The van der Waals surface area contributed by atoms with Gasteiger partial charge >= 0.3 is 0 Å². The average Bonchev–Trinajstić information content (AvgIpc) is 2.49. The summed E-state index contributed by atoms with van der Waals surface area (Å²) in [5.41, 5.74) is 3.72. The van der Waals surface area contributed by atoms with Crippen LogP contribution in [0.2, 0.25) is 0 Å². The number of hydrazine groups is 1. The first-order valence-electron chi connectivity index (χ1n) is 6.38. The molecule has 0 fully saturated rings. The van der Waals surface area contributed by atoms with Crippen molar-refractivity contribution in [3.63, 3.8) is 0 Å². The van der Waals surface area contributed by atoms with E-state index in [9.17, 15) is 4.39 Å². The summed E-state index contributed by atoms with van der Waals surface area (Å²) in [4.78, 5) is 6.09. The van der Waals surface area contributed by atoms with Gasteiger partial charge in [0.15, 0.2) is 0 Å². The summed E-state index contributed by atoms with van der Waals surface area (Å²) in [7, 11) is 0. The Morgan fingerprint density at radius 1 is 1.15 bits per heavy atom. The van der Waals surface area contributed by atoms with Gasteiger partial charge in [0, 0.05) is 6.54 Å². The highest BCUT2D eigenvalue weighted by molar-refractivity contribution is 5.97. The van der Waals surface area contributed by atoms with Crippen LogP contribution in [0.1, 0.15) is 6.92 Å². The van der Waals surface area contributed by atoms with E-state index in [-0.39, 0.29) is 5.82 Å². The first-order valence-corrected chi connectivity index (χ1v) is 6.38. The van der Waals surface area contributed by atoms with Crippen LogP contribution in [0, 0.1) is 5.82 Å². The zero-order chi connectivity index (χ0) is 14.4. The van der Waals surface area contributed by atoms with E-state index < -0.39 is 0 Å². The van der Waals surface area contributed by atoms with Crippen LogP contribution >= 0.6 is 0 Å². The number of nitrogens with two attached hydrogens (primary N) is 1. The van der Waals surface area contributed by atoms with Crippen LogP contribution in [0.15, 0.2) is 59.6 Å². The third-order valence-electron chi connectivity index (χ3n) is 2.84. The molecule has 0 aromatic heterocycles. The number of anilines is 1. The normalized spacial score (nSPS) is 11.2. The van der Waals surface area contributed by atoms with Crippen LogP contribution in [0.3, 0.4) is 0 Å². The van der Waals surface area contributed by atoms with E-state index in [0.717, 1.165) is 5.69 Å². The highest BCUT2D eigenvalue weighted by Crippen LogP contribution is 2.20. The molecule has 0 atom stereocenters. The first-order chi connectivity index (χ1) is 9.76. The van der Waals surface area contributed by atoms with Crippen molar-refractivity contribution in [3.8, 4) is 0 Å². The number of hydrogen-bond acceptors (Lipinski definition) is 2. The van der Waals surface area contributed by atoms with Gasteiger partial charge in [0.05, 0.1) is 11.4 Å². The third kappa shape index (κ3) is 3.13. The lowest BCUT2D eigenvalue weighted by Crippen LogP contribution is -2.45. The van der Waals surface area contributed by atoms with Crippen LogP contribution in [0.4, 0.5) is 15.8 Å². The fourth-order valence-corrected chi connectivity index (χ4v) is 1.90. The molecule has 5 heteroatoms. The molecule has 0 aliphatic rings. The molecule has 0 amide bonds. The van der Waals surface area contributed by atoms with Gasteiger partial charge in [-0.05, 0) is 31.2 Å². The topological polar surface area (TPSA) is 53.6 Å². The van der Waals surface area contributed by atoms with E-state index in [0.29, 0.717) is 18.2 Å². The summed E-state index contributed by atoms with van der Waals surface area (Å²) in [6, 6.07) is 15.9. The van der Waals surface area contributed by atoms with E-state index >= 15 is 0 Å². The van der Waals surface area contributed by atoms with Gasteiger partial charge in [-0.15, -0.1) is 0 Å². The SMILES string of the molecule is CCN(C(=Nc1ccccc1)NN)c1ccccc1F. The van der Waals surface area contributed by atoms with Gasteiger partial charge in [-0.2, -0.15) is 0 Å². The molecule has 20 heavy (non-hydrogen) atoms. The number of aliphatic imine (C=N–C) groups is 1. The van der Waals surface area contributed by atoms with Crippen molar-refractivity contribution in [1.82, 2.24) is 5.43 Å². The van der Waals surface area contributed by atoms with E-state index in [4.69, 9.17) is 5.84 Å². The zero-order valence-electron chi connectivity index (χ0n) is 11.3. The molecule has 0 saturated carbocycles. The van der Waals surface area contributed by atoms with E-state index in [1.165, 1.54) is 6.07 Å². The van der Waals surface area contributed by atoms with Crippen molar-refractivity contribution in [3.05, 3.63) is 60.4 Å². The summed E-state index contributed by atoms with van der Waals surface area (Å²) in [5.74, 6) is 5.62. The number of nitrogens with one attached hydrogen (secondary N) is 1. The van der Waals surface area contributed by atoms with Gasteiger partial charge in [-0.1, -0.05) is 30.3 Å². The lowest BCUT2D eigenvalue weighted by molar-refractivity contribution is 0.626. The molecule has 0 heterocycles. The lowest BCUT2D eigenvalue weighted by atomic mass is 10.3. The van der Waals surface area contributed by atoms with E-state index in [1.54, 1.807) is 23.1 Å². The minimum atomic E-state index is -0.314. The summed E-state index contributed by atoms with van der Waals surface area (Å²) >= 11 is 0. The molecule has 3 N–H and O–H groups in total. The largest absolute Gasteiger partial charge is 0.309 e. The number of para-hydroxylation sites is 2. The van der Waals surface area contributed by atoms with Gasteiger partial charge < -0.3 is 4.90 Å². The minimum absolute atomic E-state index is 0.314. The highest BCUT2D eigenvalue weighted by atomic mass is 19.1. The Bertz CT molecular complexity index is 583. The van der Waals surface area contributed by atoms with E-state index in [2.05, 4.69) is 10.4 Å². The summed E-state index contributed by atoms with van der Waals surface area (Å²) in [5, 5.41) is 0. The molecule has 4 nitrogen and oxygen atoms in total. The first kappa shape index (κ1) is 14.0. The van der Waals surface area contributed by atoms with Gasteiger partial charge in [-0.3, -0.25) is 5.43 Å². The van der Waals surface area contributed by atoms with Crippen molar-refractivity contribution < 1.29 is 4.39 Å². The molecule has 0 aliphatic carbocycles. The minimum Gasteiger partial charge on any atom is -0.309 e. The fraction of sp³-hybridized carbons (Fsp3) is 0.133. The van der Waals surface area contributed by atoms with Crippen LogP contribution in [-0.2, 0) is 0 Å². The smallest absolute Gasteiger partial charge is 0.218 e. The second kappa shape index (κ2) is 6.68. The molecular formula is C15H17FN4. The van der Waals surface area contributed by atoms with Gasteiger partial charge in [-0.25, -0.2) is 15.2 Å². The quantitative estimate of drug-likeness (QED) is 0.391. The van der Waals surface area contributed by atoms with E-state index in [1.807, 2.05) is 37.3 Å². The molecular weight excluding hydrogens is 255 g/mol. The predicted molar refractivity (Wildman–Crippen MR) is 80.3 cm³/mol. The Labute approximate surface area is 117 Å². The Hall–Kier alpha value is -2.40. The molecule has 0 radical (unpaired) electrons. The molecule has 0 aliphatic heterocycles. The van der Waals surface area contributed by atoms with Crippen LogP contribution in [-0.4, -0.2) is 12.5 Å².